The van der Waals surface area contributed by atoms with Crippen LogP contribution >= 0.6 is 0 Å². The molecule has 0 bridgehead atoms. The first kappa shape index (κ1) is 20.2. The molecule has 3 aromatic rings. The maximum absolute atomic E-state index is 13.2. The number of carbonyl (C=O) groups is 1. The number of nitrogens with zero attached hydrogens (tertiary/aromatic N) is 2. The van der Waals surface area contributed by atoms with Crippen LogP contribution in [0.3, 0.4) is 0 Å². The van der Waals surface area contributed by atoms with Gasteiger partial charge in [-0.2, -0.15) is 5.10 Å². The van der Waals surface area contributed by atoms with Crippen LogP contribution in [0.15, 0.2) is 59.4 Å². The Kier molecular flexibility index (Phi) is 6.33. The van der Waals surface area contributed by atoms with Crippen molar-refractivity contribution in [3.05, 3.63) is 82.1 Å². The van der Waals surface area contributed by atoms with Crippen molar-refractivity contribution in [3.8, 4) is 11.3 Å². The molecule has 0 saturated heterocycles. The molecule has 29 heavy (non-hydrogen) atoms. The molecule has 3 rings (SSSR count). The molecule has 0 unspecified atom stereocenters. The quantitative estimate of drug-likeness (QED) is 0.622. The maximum Gasteiger partial charge on any atom is 0.319 e. The molecule has 0 aliphatic carbocycles. The Bertz CT molecular complexity index is 1070. The van der Waals surface area contributed by atoms with Crippen molar-refractivity contribution in [2.75, 3.05) is 11.9 Å². The first-order valence-electron chi connectivity index (χ1n) is 9.07. The van der Waals surface area contributed by atoms with Gasteiger partial charge in [-0.1, -0.05) is 29.8 Å². The molecule has 1 heterocycles. The molecule has 0 saturated carbocycles. The van der Waals surface area contributed by atoms with E-state index in [2.05, 4.69) is 15.7 Å². The third kappa shape index (κ3) is 5.47. The summed E-state index contributed by atoms with van der Waals surface area (Å²) in [5, 5.41) is 9.39. The second-order valence-electron chi connectivity index (χ2n) is 6.51. The lowest BCUT2D eigenvalue weighted by Gasteiger charge is -2.09. The number of aromatic nitrogens is 2. The molecule has 0 radical (unpaired) electrons. The number of nitrogens with one attached hydrogen (secondary N) is 2. The summed E-state index contributed by atoms with van der Waals surface area (Å²) < 4.78 is 27.4. The number of halogens is 2. The lowest BCUT2D eigenvalue weighted by molar-refractivity contribution is 0.251. The SMILES string of the molecule is Cc1ccc(-c2ccc(=O)n(CCCNC(=O)Nc3ccc(F)c(F)c3)n2)cc1. The summed E-state index contributed by atoms with van der Waals surface area (Å²) in [7, 11) is 0. The third-order valence-electron chi connectivity index (χ3n) is 4.22. The fourth-order valence-electron chi connectivity index (χ4n) is 2.67. The Morgan fingerprint density at radius 3 is 2.52 bits per heavy atom. The number of amides is 2. The van der Waals surface area contributed by atoms with Crippen LogP contribution in [0.5, 0.6) is 0 Å². The highest BCUT2D eigenvalue weighted by atomic mass is 19.2. The van der Waals surface area contributed by atoms with E-state index in [1.165, 1.54) is 16.8 Å². The fourth-order valence-corrected chi connectivity index (χ4v) is 2.67. The highest BCUT2D eigenvalue weighted by molar-refractivity contribution is 5.89. The molecule has 0 spiro atoms. The molecule has 0 aliphatic heterocycles. The van der Waals surface area contributed by atoms with Crippen molar-refractivity contribution >= 4 is 11.7 Å². The first-order valence-corrected chi connectivity index (χ1v) is 9.07. The van der Waals surface area contributed by atoms with Gasteiger partial charge in [0.15, 0.2) is 11.6 Å². The molecular weight excluding hydrogens is 378 g/mol. The van der Waals surface area contributed by atoms with Gasteiger partial charge in [0, 0.05) is 36.5 Å². The van der Waals surface area contributed by atoms with Gasteiger partial charge >= 0.3 is 6.03 Å². The second kappa shape index (κ2) is 9.09. The first-order chi connectivity index (χ1) is 13.9. The van der Waals surface area contributed by atoms with E-state index < -0.39 is 17.7 Å². The predicted molar refractivity (Wildman–Crippen MR) is 107 cm³/mol. The van der Waals surface area contributed by atoms with Gasteiger partial charge < -0.3 is 10.6 Å². The van der Waals surface area contributed by atoms with Crippen molar-refractivity contribution in [1.29, 1.82) is 0 Å². The van der Waals surface area contributed by atoms with E-state index in [0.717, 1.165) is 23.3 Å². The Morgan fingerprint density at radius 1 is 1.03 bits per heavy atom. The number of benzene rings is 2. The average Bonchev–Trinajstić information content (AvgIpc) is 2.70. The van der Waals surface area contributed by atoms with Crippen LogP contribution in [0.4, 0.5) is 19.3 Å². The van der Waals surface area contributed by atoms with Crippen LogP contribution in [-0.4, -0.2) is 22.4 Å². The second-order valence-corrected chi connectivity index (χ2v) is 6.51. The normalized spacial score (nSPS) is 10.6. The number of urea groups is 1. The molecule has 0 atom stereocenters. The van der Waals surface area contributed by atoms with E-state index in [-0.39, 0.29) is 17.8 Å². The van der Waals surface area contributed by atoms with E-state index in [1.807, 2.05) is 31.2 Å². The summed E-state index contributed by atoms with van der Waals surface area (Å²) in [4.78, 5) is 23.9. The maximum atomic E-state index is 13.2. The van der Waals surface area contributed by atoms with Gasteiger partial charge in [-0.05, 0) is 31.5 Å². The lowest BCUT2D eigenvalue weighted by atomic mass is 10.1. The number of carbonyl (C=O) groups excluding carboxylic acids is 1. The van der Waals surface area contributed by atoms with Gasteiger partial charge in [0.2, 0.25) is 0 Å². The minimum atomic E-state index is -1.04. The number of hydrogen-bond acceptors (Lipinski definition) is 3. The molecule has 0 fully saturated rings. The standard InChI is InChI=1S/C21H20F2N4O2/c1-14-3-5-15(6-4-14)19-9-10-20(28)27(26-19)12-2-11-24-21(29)25-16-7-8-17(22)18(23)13-16/h3-10,13H,2,11-12H2,1H3,(H2,24,25,29). The smallest absolute Gasteiger partial charge is 0.319 e. The van der Waals surface area contributed by atoms with Crippen LogP contribution in [0.1, 0.15) is 12.0 Å². The number of anilines is 1. The zero-order valence-corrected chi connectivity index (χ0v) is 15.8. The van der Waals surface area contributed by atoms with E-state index in [0.29, 0.717) is 18.7 Å². The third-order valence-corrected chi connectivity index (χ3v) is 4.22. The number of hydrogen-bond donors (Lipinski definition) is 2. The van der Waals surface area contributed by atoms with Crippen molar-refractivity contribution in [3.63, 3.8) is 0 Å². The molecule has 2 amide bonds. The highest BCUT2D eigenvalue weighted by Gasteiger charge is 2.07. The molecule has 1 aromatic heterocycles. The van der Waals surface area contributed by atoms with Crippen LogP contribution in [0, 0.1) is 18.6 Å². The Balaban J connectivity index is 1.52. The fraction of sp³-hybridized carbons (Fsp3) is 0.190. The van der Waals surface area contributed by atoms with Crippen molar-refractivity contribution in [2.45, 2.75) is 19.9 Å². The number of rotatable bonds is 6. The Morgan fingerprint density at radius 2 is 1.79 bits per heavy atom. The van der Waals surface area contributed by atoms with Gasteiger partial charge in [0.25, 0.3) is 5.56 Å². The average molecular weight is 398 g/mol. The summed E-state index contributed by atoms with van der Waals surface area (Å²) in [6.07, 6.45) is 0.468. The van der Waals surface area contributed by atoms with E-state index >= 15 is 0 Å². The van der Waals surface area contributed by atoms with Crippen molar-refractivity contribution in [2.24, 2.45) is 0 Å². The zero-order valence-electron chi connectivity index (χ0n) is 15.8. The van der Waals surface area contributed by atoms with Crippen molar-refractivity contribution < 1.29 is 13.6 Å². The Labute approximate surface area is 166 Å². The zero-order chi connectivity index (χ0) is 20.8. The van der Waals surface area contributed by atoms with Gasteiger partial charge in [-0.25, -0.2) is 18.3 Å². The van der Waals surface area contributed by atoms with Crippen LogP contribution in [0.25, 0.3) is 11.3 Å². The Hall–Kier alpha value is -3.55. The summed E-state index contributed by atoms with van der Waals surface area (Å²) in [5.74, 6) is -2.02. The molecule has 2 aromatic carbocycles. The number of aryl methyl sites for hydroxylation is 2. The van der Waals surface area contributed by atoms with Crippen LogP contribution in [-0.2, 0) is 6.54 Å². The van der Waals surface area contributed by atoms with E-state index in [4.69, 9.17) is 0 Å². The highest BCUT2D eigenvalue weighted by Crippen LogP contribution is 2.16. The lowest BCUT2D eigenvalue weighted by Crippen LogP contribution is -2.31. The van der Waals surface area contributed by atoms with E-state index in [1.54, 1.807) is 6.07 Å². The summed E-state index contributed by atoms with van der Waals surface area (Å²) in [6.45, 7) is 2.59. The van der Waals surface area contributed by atoms with E-state index in [9.17, 15) is 18.4 Å². The summed E-state index contributed by atoms with van der Waals surface area (Å²) >= 11 is 0. The summed E-state index contributed by atoms with van der Waals surface area (Å²) in [5.41, 5.74) is 2.65. The molecule has 0 aliphatic rings. The van der Waals surface area contributed by atoms with Gasteiger partial charge in [0.05, 0.1) is 5.69 Å². The van der Waals surface area contributed by atoms with Crippen LogP contribution in [0.2, 0.25) is 0 Å². The monoisotopic (exact) mass is 398 g/mol. The van der Waals surface area contributed by atoms with Crippen molar-refractivity contribution in [1.82, 2.24) is 15.1 Å². The minimum absolute atomic E-state index is 0.144. The predicted octanol–water partition coefficient (Wildman–Crippen LogP) is 3.71. The topological polar surface area (TPSA) is 76.0 Å². The van der Waals surface area contributed by atoms with Gasteiger partial charge in [-0.3, -0.25) is 4.79 Å². The largest absolute Gasteiger partial charge is 0.338 e. The molecule has 2 N–H and O–H groups in total. The van der Waals surface area contributed by atoms with Gasteiger partial charge in [-0.15, -0.1) is 0 Å². The summed E-state index contributed by atoms with van der Waals surface area (Å²) in [6, 6.07) is 13.5. The molecular formula is C21H20F2N4O2. The molecule has 150 valence electrons. The molecule has 6 nitrogen and oxygen atoms in total. The van der Waals surface area contributed by atoms with Crippen LogP contribution < -0.4 is 16.2 Å². The van der Waals surface area contributed by atoms with Gasteiger partial charge in [0.1, 0.15) is 0 Å². The minimum Gasteiger partial charge on any atom is -0.338 e. The molecule has 8 heteroatoms.